The number of carbonyl (C=O) groups is 2. The number of amides is 2. The highest BCUT2D eigenvalue weighted by atomic mass is 32.1. The van der Waals surface area contributed by atoms with E-state index in [9.17, 15) is 14.9 Å². The number of rotatable bonds is 7. The van der Waals surface area contributed by atoms with Crippen LogP contribution in [0, 0.1) is 17.2 Å². The molecule has 4 rings (SSSR count). The van der Waals surface area contributed by atoms with Gasteiger partial charge >= 0.3 is 6.09 Å². The molecular formula is C23H25N3O4S2. The molecule has 2 atom stereocenters. The molecule has 0 bridgehead atoms. The first-order chi connectivity index (χ1) is 15.6. The van der Waals surface area contributed by atoms with Gasteiger partial charge < -0.3 is 20.1 Å². The fraction of sp³-hybridized carbons (Fsp3) is 0.435. The zero-order chi connectivity index (χ0) is 22.3. The van der Waals surface area contributed by atoms with E-state index in [1.807, 2.05) is 16.8 Å². The molecule has 32 heavy (non-hydrogen) atoms. The number of hydrogen-bond acceptors (Lipinski definition) is 7. The van der Waals surface area contributed by atoms with Crippen LogP contribution in [-0.4, -0.2) is 37.9 Å². The maximum absolute atomic E-state index is 12.3. The van der Waals surface area contributed by atoms with E-state index in [4.69, 9.17) is 9.47 Å². The molecule has 1 fully saturated rings. The lowest BCUT2D eigenvalue weighted by Crippen LogP contribution is -2.33. The molecule has 2 aromatic heterocycles. The van der Waals surface area contributed by atoms with Crippen LogP contribution in [0.4, 0.5) is 9.80 Å². The van der Waals surface area contributed by atoms with Gasteiger partial charge in [0.1, 0.15) is 11.1 Å². The van der Waals surface area contributed by atoms with Crippen molar-refractivity contribution in [3.63, 3.8) is 0 Å². The molecule has 9 heteroatoms. The summed E-state index contributed by atoms with van der Waals surface area (Å²) in [7, 11) is 0. The number of thiophene rings is 2. The Labute approximate surface area is 195 Å². The third-order valence-electron chi connectivity index (χ3n) is 5.63. The minimum atomic E-state index is -0.416. The molecule has 2 aromatic rings. The number of nitriles is 1. The fourth-order valence-corrected chi connectivity index (χ4v) is 5.89. The van der Waals surface area contributed by atoms with Crippen LogP contribution in [0.2, 0.25) is 0 Å². The summed E-state index contributed by atoms with van der Waals surface area (Å²) in [4.78, 5) is 25.4. The van der Waals surface area contributed by atoms with Gasteiger partial charge in [0.25, 0.3) is 0 Å². The predicted molar refractivity (Wildman–Crippen MR) is 125 cm³/mol. The minimum Gasteiger partial charge on any atom is -0.449 e. The molecule has 2 unspecified atom stereocenters. The Morgan fingerprint density at radius 1 is 1.38 bits per heavy atom. The van der Waals surface area contributed by atoms with Gasteiger partial charge in [0.05, 0.1) is 18.3 Å². The SMILES string of the molecule is N#Cc1c(NC(=O)C=Cc2ccsc2)sc2c1CCC(COC(=O)NCC1CCCO1)C2. The standard InChI is InChI=1S/C23H25N3O4S2/c24-11-19-18-5-3-16(13-30-23(28)25-12-17-2-1-8-29-17)10-20(18)32-22(19)26-21(27)6-4-15-7-9-31-14-15/h4,6-7,9,14,16-17H,1-3,5,8,10,12-13H2,(H,25,28)(H,26,27). The Kier molecular flexibility index (Phi) is 7.58. The smallest absolute Gasteiger partial charge is 0.407 e. The van der Waals surface area contributed by atoms with Gasteiger partial charge in [0.15, 0.2) is 0 Å². The summed E-state index contributed by atoms with van der Waals surface area (Å²) in [6.45, 7) is 1.57. The van der Waals surface area contributed by atoms with Crippen molar-refractivity contribution in [1.29, 1.82) is 5.26 Å². The number of nitrogens with zero attached hydrogens (tertiary/aromatic N) is 1. The van der Waals surface area contributed by atoms with Gasteiger partial charge in [-0.1, -0.05) is 0 Å². The third-order valence-corrected chi connectivity index (χ3v) is 7.51. The highest BCUT2D eigenvalue weighted by Crippen LogP contribution is 2.39. The average molecular weight is 472 g/mol. The number of nitrogens with one attached hydrogen (secondary N) is 2. The summed E-state index contributed by atoms with van der Waals surface area (Å²) in [6.07, 6.45) is 7.21. The summed E-state index contributed by atoms with van der Waals surface area (Å²) in [5, 5.41) is 19.8. The van der Waals surface area contributed by atoms with Crippen molar-refractivity contribution in [3.05, 3.63) is 44.5 Å². The van der Waals surface area contributed by atoms with Crippen molar-refractivity contribution in [2.24, 2.45) is 5.92 Å². The minimum absolute atomic E-state index is 0.0871. The predicted octanol–water partition coefficient (Wildman–Crippen LogP) is 4.34. The quantitative estimate of drug-likeness (QED) is 0.585. The second kappa shape index (κ2) is 10.8. The molecule has 2 aliphatic rings. The largest absolute Gasteiger partial charge is 0.449 e. The van der Waals surface area contributed by atoms with Crippen LogP contribution >= 0.6 is 22.7 Å². The lowest BCUT2D eigenvalue weighted by molar-refractivity contribution is -0.111. The number of alkyl carbamates (subject to hydrolysis) is 1. The van der Waals surface area contributed by atoms with Gasteiger partial charge in [-0.2, -0.15) is 16.6 Å². The Morgan fingerprint density at radius 3 is 3.03 bits per heavy atom. The van der Waals surface area contributed by atoms with Crippen LogP contribution < -0.4 is 10.6 Å². The highest BCUT2D eigenvalue weighted by Gasteiger charge is 2.27. The Bertz CT molecular complexity index is 1020. The Balaban J connectivity index is 1.30. The van der Waals surface area contributed by atoms with Gasteiger partial charge in [-0.25, -0.2) is 4.79 Å². The normalized spacial score (nSPS) is 20.0. The van der Waals surface area contributed by atoms with Crippen LogP contribution in [0.1, 0.15) is 40.8 Å². The summed E-state index contributed by atoms with van der Waals surface area (Å²) in [6, 6.07) is 4.19. The molecule has 168 valence electrons. The van der Waals surface area contributed by atoms with Gasteiger partial charge in [0.2, 0.25) is 5.91 Å². The molecule has 3 heterocycles. The maximum Gasteiger partial charge on any atom is 0.407 e. The van der Waals surface area contributed by atoms with Gasteiger partial charge in [-0.05, 0) is 72.1 Å². The lowest BCUT2D eigenvalue weighted by atomic mass is 9.88. The van der Waals surface area contributed by atoms with Gasteiger partial charge in [-0.15, -0.1) is 11.3 Å². The van der Waals surface area contributed by atoms with E-state index in [1.165, 1.54) is 17.4 Å². The monoisotopic (exact) mass is 471 g/mol. The van der Waals surface area contributed by atoms with Gasteiger partial charge in [0, 0.05) is 24.1 Å². The molecular weight excluding hydrogens is 446 g/mol. The number of anilines is 1. The Hall–Kier alpha value is -2.67. The van der Waals surface area contributed by atoms with Crippen molar-refractivity contribution < 1.29 is 19.1 Å². The van der Waals surface area contributed by atoms with Crippen LogP contribution in [0.25, 0.3) is 6.08 Å². The summed E-state index contributed by atoms with van der Waals surface area (Å²) >= 11 is 3.01. The molecule has 7 nitrogen and oxygen atoms in total. The van der Waals surface area contributed by atoms with Crippen molar-refractivity contribution >= 4 is 45.8 Å². The van der Waals surface area contributed by atoms with Crippen molar-refractivity contribution in [1.82, 2.24) is 5.32 Å². The molecule has 1 aliphatic carbocycles. The topological polar surface area (TPSA) is 100 Å². The number of hydrogen-bond donors (Lipinski definition) is 2. The first-order valence-electron chi connectivity index (χ1n) is 10.7. The number of fused-ring (bicyclic) bond motifs is 1. The summed E-state index contributed by atoms with van der Waals surface area (Å²) in [5.74, 6) is -0.0581. The van der Waals surface area contributed by atoms with Crippen LogP contribution in [0.3, 0.4) is 0 Å². The van der Waals surface area contributed by atoms with Crippen LogP contribution in [0.15, 0.2) is 22.9 Å². The van der Waals surface area contributed by atoms with E-state index < -0.39 is 6.09 Å². The van der Waals surface area contributed by atoms with E-state index in [0.29, 0.717) is 23.7 Å². The van der Waals surface area contributed by atoms with Crippen molar-refractivity contribution in [2.45, 2.75) is 38.2 Å². The average Bonchev–Trinajstić information content (AvgIpc) is 3.55. The third kappa shape index (κ3) is 5.76. The second-order valence-corrected chi connectivity index (χ2v) is 9.81. The van der Waals surface area contributed by atoms with Crippen LogP contribution in [-0.2, 0) is 27.1 Å². The molecule has 0 spiro atoms. The van der Waals surface area contributed by atoms with Crippen LogP contribution in [0.5, 0.6) is 0 Å². The van der Waals surface area contributed by atoms with E-state index in [1.54, 1.807) is 17.4 Å². The first kappa shape index (κ1) is 22.5. The maximum atomic E-state index is 12.3. The second-order valence-electron chi connectivity index (χ2n) is 7.92. The molecule has 0 radical (unpaired) electrons. The molecule has 0 saturated carbocycles. The lowest BCUT2D eigenvalue weighted by Gasteiger charge is -2.22. The van der Waals surface area contributed by atoms with Gasteiger partial charge in [-0.3, -0.25) is 4.79 Å². The molecule has 2 N–H and O–H groups in total. The van der Waals surface area contributed by atoms with Crippen molar-refractivity contribution in [2.75, 3.05) is 25.1 Å². The molecule has 1 saturated heterocycles. The zero-order valence-electron chi connectivity index (χ0n) is 17.6. The highest BCUT2D eigenvalue weighted by molar-refractivity contribution is 7.16. The number of carbonyl (C=O) groups excluding carboxylic acids is 2. The van der Waals surface area contributed by atoms with E-state index in [0.717, 1.165) is 54.7 Å². The van der Waals surface area contributed by atoms with E-state index in [-0.39, 0.29) is 17.9 Å². The van der Waals surface area contributed by atoms with E-state index in [2.05, 4.69) is 16.7 Å². The van der Waals surface area contributed by atoms with E-state index >= 15 is 0 Å². The summed E-state index contributed by atoms with van der Waals surface area (Å²) in [5.41, 5.74) is 2.53. The number of ether oxygens (including phenoxy) is 2. The van der Waals surface area contributed by atoms with Crippen molar-refractivity contribution in [3.8, 4) is 6.07 Å². The molecule has 2 amide bonds. The summed E-state index contributed by atoms with van der Waals surface area (Å²) < 4.78 is 10.9. The molecule has 1 aliphatic heterocycles. The molecule has 0 aromatic carbocycles. The Morgan fingerprint density at radius 2 is 2.28 bits per heavy atom. The fourth-order valence-electron chi connectivity index (χ4n) is 3.95. The first-order valence-corrected chi connectivity index (χ1v) is 12.5. The zero-order valence-corrected chi connectivity index (χ0v) is 19.2.